The van der Waals surface area contributed by atoms with E-state index < -0.39 is 25.7 Å². The number of carboxylic acids is 1. The molecule has 0 aromatic heterocycles. The van der Waals surface area contributed by atoms with Crippen LogP contribution in [0.15, 0.2) is 202 Å². The zero-order valence-corrected chi connectivity index (χ0v) is 77.2. The molecule has 10 aromatic rings. The fourth-order valence-electron chi connectivity index (χ4n) is 16.2. The number of rotatable bonds is 34. The van der Waals surface area contributed by atoms with Gasteiger partial charge in [-0.3, -0.25) is 48.6 Å². The number of fused-ring (bicyclic) bond motifs is 10. The van der Waals surface area contributed by atoms with Crippen LogP contribution >= 0.6 is 0 Å². The van der Waals surface area contributed by atoms with E-state index in [4.69, 9.17) is 80.6 Å². The average Bonchev–Trinajstić information content (AvgIpc) is 1.61. The molecule has 10 aromatic carbocycles. The first-order valence-electron chi connectivity index (χ1n) is 42.4. The second-order valence-corrected chi connectivity index (χ2v) is 40.5. The molecule has 130 heavy (non-hydrogen) atoms. The van der Waals surface area contributed by atoms with Crippen LogP contribution in [-0.4, -0.2) is 206 Å². The molecule has 2 atom stereocenters. The van der Waals surface area contributed by atoms with Gasteiger partial charge in [-0.25, -0.2) is 0 Å². The molecule has 0 fully saturated rings. The minimum absolute atomic E-state index is 0. The van der Waals surface area contributed by atoms with Crippen LogP contribution in [-0.2, 0) is 75.9 Å². The normalized spacial score (nSPS) is 14.3. The molecule has 0 unspecified atom stereocenters. The molecular formula is C100H105N10O19Sn-2. The first-order valence-corrected chi connectivity index (χ1v) is 50.9. The first-order chi connectivity index (χ1) is 62.6. The molecule has 0 spiro atoms. The van der Waals surface area contributed by atoms with Crippen LogP contribution in [0.1, 0.15) is 98.8 Å². The number of hydrogen-bond donors (Lipinski definition) is 1. The number of benzene rings is 10. The Morgan fingerprint density at radius 1 is 0.454 bits per heavy atom. The summed E-state index contributed by atoms with van der Waals surface area (Å²) in [7, 11) is 11.3. The molecule has 16 rings (SSSR count). The van der Waals surface area contributed by atoms with Gasteiger partial charge in [0, 0.05) is 112 Å². The molecule has 0 saturated heterocycles. The standard InChI is InChI=1S/C49H48N5O9.C48H46N5O9.3CH3.H2O.Sn/c1-50-39-26-45(43(58-3)24-37(39)48(56)53-16-14-33-10-6-8-12-41(33)53)62-29-31-20-32(22-35(21-31)52(2)17-19-61-18-15-47(55)60-5)30-63-46-27-40-38(25-44(46)59-4)49(57)54-36(28-51-40)23-34-11-7-9-13-42(34)54;1-49-38-25-44(42(58-3)23-36(38)47(56)52-15-13-32-9-5-7-11-40(32)52)61-28-30-19-31(21-34(20-30)51(2)16-18-60-17-14-46(54)55)29-62-45-26-39-37(24-43(45)59-4)48(57)53-35(27-50-39)22-33-10-6-8-12-41(33)53;;;;;/h1,6-13,20-22,24-28,36H,14-19,23,29-30H2,2-5H3;1,5-12,19-21,23-27,35H,13-18,22,28-29H2,2-4H3,(H,54,55);3*1H3;1H2;/q2*-1;;;;;/t36-;35-;;;;;/m00...../s1. The summed E-state index contributed by atoms with van der Waals surface area (Å²) in [5.41, 5.74) is 15.7. The predicted octanol–water partition coefficient (Wildman–Crippen LogP) is 15.6. The van der Waals surface area contributed by atoms with Crippen molar-refractivity contribution in [2.75, 3.05) is 132 Å². The molecule has 6 heterocycles. The number of esters is 1. The van der Waals surface area contributed by atoms with Crippen molar-refractivity contribution in [3.8, 4) is 46.0 Å². The van der Waals surface area contributed by atoms with Crippen molar-refractivity contribution >= 4 is 138 Å². The third-order valence-electron chi connectivity index (χ3n) is 22.6. The topological polar surface area (TPSA) is 325 Å². The van der Waals surface area contributed by atoms with E-state index in [9.17, 15) is 28.8 Å². The third-order valence-corrected chi connectivity index (χ3v) is 22.6. The fraction of sp³-hybridized carbons (Fsp3) is 0.300. The van der Waals surface area contributed by atoms with Gasteiger partial charge in [-0.05, 0) is 153 Å². The van der Waals surface area contributed by atoms with Crippen molar-refractivity contribution < 1.29 is 91.5 Å². The molecule has 675 valence electrons. The number of anilines is 6. The van der Waals surface area contributed by atoms with Gasteiger partial charge < -0.3 is 92.3 Å². The molecule has 4 amide bonds. The SMILES string of the molecule is O.[CH-]=Nc1cc(OCc2cc(COc3cc4c(cc3OC)C(=O)N3c5ccccc5C[C@H]3C=N4)cc(N(C)CCOCCC(=O)O)c2)c(OC)cc1C(=O)N1CCc2ccccc21.[CH-]=Nc1cc(OCc2cc(COc3cc4c(cc3OC)C(=O)N3c5ccccc5C[C@H]3C=N4)cc(N(C)CCOCCC(=O)OC)c2)c(OC)cc1C(=O)N1CCc2ccccc21.[CH3][Sn]([CH3])[CH3]. The number of para-hydroxylation sites is 4. The molecule has 0 saturated carbocycles. The van der Waals surface area contributed by atoms with E-state index in [0.717, 1.165) is 91.5 Å². The van der Waals surface area contributed by atoms with Crippen LogP contribution in [0.3, 0.4) is 0 Å². The number of aliphatic imine (C=N–C) groups is 4. The van der Waals surface area contributed by atoms with Gasteiger partial charge in [0.1, 0.15) is 37.9 Å². The van der Waals surface area contributed by atoms with Gasteiger partial charge >= 0.3 is 46.5 Å². The van der Waals surface area contributed by atoms with Crippen molar-refractivity contribution in [2.45, 2.75) is 91.9 Å². The fourth-order valence-corrected chi connectivity index (χ4v) is 16.2. The second kappa shape index (κ2) is 43.5. The van der Waals surface area contributed by atoms with Crippen LogP contribution in [0.25, 0.3) is 0 Å². The molecule has 1 radical (unpaired) electrons. The molecule has 6 aliphatic rings. The van der Waals surface area contributed by atoms with Crippen LogP contribution in [0.4, 0.5) is 56.9 Å². The van der Waals surface area contributed by atoms with E-state index >= 15 is 0 Å². The maximum atomic E-state index is 14.0. The van der Waals surface area contributed by atoms with Crippen LogP contribution in [0.2, 0.25) is 14.8 Å². The van der Waals surface area contributed by atoms with Crippen LogP contribution < -0.4 is 67.3 Å². The second-order valence-electron chi connectivity index (χ2n) is 31.9. The molecule has 0 bridgehead atoms. The summed E-state index contributed by atoms with van der Waals surface area (Å²) in [4.78, 5) is 114. The predicted molar refractivity (Wildman–Crippen MR) is 504 cm³/mol. The average molecular weight is 1870 g/mol. The Morgan fingerprint density at radius 2 is 0.800 bits per heavy atom. The third kappa shape index (κ3) is 21.7. The van der Waals surface area contributed by atoms with Gasteiger partial charge in [-0.15, -0.1) is 0 Å². The van der Waals surface area contributed by atoms with E-state index in [1.54, 1.807) is 68.1 Å². The summed E-state index contributed by atoms with van der Waals surface area (Å²) in [6.07, 6.45) is 6.59. The Bertz CT molecular complexity index is 5940. The van der Waals surface area contributed by atoms with Gasteiger partial charge in [0.15, 0.2) is 34.5 Å². The molecular weight excluding hydrogens is 1760 g/mol. The summed E-state index contributed by atoms with van der Waals surface area (Å²) in [5, 5.41) is 9.00. The van der Waals surface area contributed by atoms with E-state index in [2.05, 4.69) is 24.8 Å². The van der Waals surface area contributed by atoms with Gasteiger partial charge in [0.05, 0.1) is 109 Å². The number of ether oxygens (including phenoxy) is 11. The Kier molecular flexibility index (Phi) is 31.4. The summed E-state index contributed by atoms with van der Waals surface area (Å²) in [5.74, 6) is 0.948. The van der Waals surface area contributed by atoms with Gasteiger partial charge in [0.2, 0.25) is 11.8 Å². The summed E-state index contributed by atoms with van der Waals surface area (Å²) in [6, 6.07) is 56.2. The number of amides is 4. The first kappa shape index (κ1) is 94.0. The Hall–Kier alpha value is -13.6. The number of carboxylic acid groups (broad SMARTS) is 1. The van der Waals surface area contributed by atoms with E-state index in [0.29, 0.717) is 126 Å². The monoisotopic (exact) mass is 1870 g/mol. The molecule has 6 aliphatic heterocycles. The molecule has 0 aliphatic carbocycles. The van der Waals surface area contributed by atoms with Gasteiger partial charge in [0.25, 0.3) is 11.8 Å². The van der Waals surface area contributed by atoms with Crippen molar-refractivity contribution in [1.82, 2.24) is 0 Å². The summed E-state index contributed by atoms with van der Waals surface area (Å²) < 4.78 is 64.6. The van der Waals surface area contributed by atoms with E-state index in [1.807, 2.05) is 170 Å². The van der Waals surface area contributed by atoms with E-state index in [1.165, 1.54) is 35.5 Å². The minimum atomic E-state index is -0.922. The number of likely N-dealkylation sites (N-methyl/N-ethyl adjacent to an activating group) is 2. The Balaban J connectivity index is 0.000000211. The number of methoxy groups -OCH3 is 5. The maximum absolute atomic E-state index is 14.0. The zero-order valence-electron chi connectivity index (χ0n) is 74.4. The Labute approximate surface area is 763 Å². The van der Waals surface area contributed by atoms with E-state index in [-0.39, 0.29) is 117 Å². The van der Waals surface area contributed by atoms with Gasteiger partial charge in [-0.1, -0.05) is 96.3 Å². The summed E-state index contributed by atoms with van der Waals surface area (Å²) >= 11 is -0.543. The van der Waals surface area contributed by atoms with Gasteiger partial charge in [-0.2, -0.15) is 13.4 Å². The van der Waals surface area contributed by atoms with Crippen molar-refractivity contribution in [3.63, 3.8) is 0 Å². The number of nitrogens with zero attached hydrogens (tertiary/aromatic N) is 10. The zero-order chi connectivity index (χ0) is 90.9. The van der Waals surface area contributed by atoms with Crippen molar-refractivity contribution in [3.05, 3.63) is 249 Å². The van der Waals surface area contributed by atoms with Crippen molar-refractivity contribution in [2.24, 2.45) is 20.0 Å². The summed E-state index contributed by atoms with van der Waals surface area (Å²) in [6.45, 7) is 15.3. The number of carbonyl (C=O) groups excluding carboxylic acids is 5. The van der Waals surface area contributed by atoms with Crippen LogP contribution in [0, 0.1) is 0 Å². The van der Waals surface area contributed by atoms with Crippen LogP contribution in [0.5, 0.6) is 46.0 Å². The Morgan fingerprint density at radius 3 is 1.16 bits per heavy atom. The number of aliphatic carboxylic acids is 1. The quantitative estimate of drug-likeness (QED) is 0.0129. The number of hydrogen-bond acceptors (Lipinski definition) is 23. The van der Waals surface area contributed by atoms with Crippen molar-refractivity contribution in [1.29, 1.82) is 0 Å². The molecule has 29 nitrogen and oxygen atoms in total. The number of carbonyl (C=O) groups is 6. The molecule has 3 N–H and O–H groups in total. The molecule has 30 heteroatoms.